The number of nitrogens with one attached hydrogen (secondary N) is 1. The van der Waals surface area contributed by atoms with Crippen molar-refractivity contribution >= 4 is 41.1 Å². The Kier molecular flexibility index (Phi) is 4.91. The number of non-ortho nitro benzene ring substituents is 1. The van der Waals surface area contributed by atoms with E-state index in [1.54, 1.807) is 0 Å². The summed E-state index contributed by atoms with van der Waals surface area (Å²) in [6, 6.07) is 2.06. The van der Waals surface area contributed by atoms with E-state index in [0.29, 0.717) is 0 Å². The number of benzene rings is 1. The van der Waals surface area contributed by atoms with Crippen LogP contribution in [0.5, 0.6) is 0 Å². The van der Waals surface area contributed by atoms with E-state index < -0.39 is 45.0 Å². The topological polar surface area (TPSA) is 168 Å². The van der Waals surface area contributed by atoms with E-state index in [0.717, 1.165) is 34.2 Å². The number of nitro groups is 2. The molecule has 0 bridgehead atoms. The van der Waals surface area contributed by atoms with Crippen LogP contribution in [0.4, 0.5) is 21.9 Å². The lowest BCUT2D eigenvalue weighted by Crippen LogP contribution is -2.57. The average molecular weight is 364 g/mol. The number of nitrogens with zero attached hydrogens (tertiary/aromatic N) is 5. The third-order valence-electron chi connectivity index (χ3n) is 3.56. The van der Waals surface area contributed by atoms with Gasteiger partial charge in [-0.15, -0.1) is 0 Å². The number of hydrazone groups is 1. The number of carbonyl (C=O) groups excluding carboxylic acids is 3. The van der Waals surface area contributed by atoms with Crippen LogP contribution in [0, 0.1) is 26.1 Å². The van der Waals surface area contributed by atoms with Gasteiger partial charge in [-0.1, -0.05) is 0 Å². The van der Waals surface area contributed by atoms with Crippen LogP contribution in [0.2, 0.25) is 0 Å². The van der Waals surface area contributed by atoms with Crippen LogP contribution in [-0.2, 0) is 9.59 Å². The quantitative estimate of drug-likeness (QED) is 0.342. The Hall–Kier alpha value is -3.90. The Morgan fingerprint density at radius 3 is 2.15 bits per heavy atom. The molecule has 2 rings (SSSR count). The van der Waals surface area contributed by atoms with Gasteiger partial charge in [0.25, 0.3) is 5.69 Å². The molecule has 26 heavy (non-hydrogen) atoms. The molecule has 13 nitrogen and oxygen atoms in total. The highest BCUT2D eigenvalue weighted by molar-refractivity contribution is 6.23. The van der Waals surface area contributed by atoms with Gasteiger partial charge in [-0.05, 0) is 6.07 Å². The smallest absolute Gasteiger partial charge is 0.273 e. The Balaban J connectivity index is 2.24. The Morgan fingerprint density at radius 1 is 1.08 bits per heavy atom. The second-order valence-corrected chi connectivity index (χ2v) is 5.16. The molecule has 0 atom stereocenters. The minimum Gasteiger partial charge on any atom is -0.273 e. The molecule has 1 aromatic carbocycles. The van der Waals surface area contributed by atoms with Crippen molar-refractivity contribution in [3.05, 3.63) is 38.4 Å². The maximum Gasteiger partial charge on any atom is 0.332 e. The zero-order chi connectivity index (χ0) is 19.6. The number of barbiturate groups is 1. The molecular formula is C13H12N6O7. The number of nitro benzene ring substituents is 2. The van der Waals surface area contributed by atoms with Gasteiger partial charge in [-0.25, -0.2) is 4.79 Å². The molecule has 0 spiro atoms. The van der Waals surface area contributed by atoms with Gasteiger partial charge in [0.15, 0.2) is 5.92 Å². The molecule has 1 aliphatic rings. The molecule has 1 aromatic rings. The molecule has 0 unspecified atom stereocenters. The molecule has 136 valence electrons. The van der Waals surface area contributed by atoms with E-state index in [9.17, 15) is 34.6 Å². The number of imide groups is 2. The average Bonchev–Trinajstić information content (AvgIpc) is 2.61. The summed E-state index contributed by atoms with van der Waals surface area (Å²) in [6.07, 6.45) is 0.898. The number of hydrogen-bond donors (Lipinski definition) is 1. The van der Waals surface area contributed by atoms with Crippen molar-refractivity contribution in [3.8, 4) is 0 Å². The predicted molar refractivity (Wildman–Crippen MR) is 86.3 cm³/mol. The second-order valence-electron chi connectivity index (χ2n) is 5.16. The first-order chi connectivity index (χ1) is 12.1. The minimum absolute atomic E-state index is 0.176. The summed E-state index contributed by atoms with van der Waals surface area (Å²) in [6.45, 7) is 0. The van der Waals surface area contributed by atoms with Crippen molar-refractivity contribution in [2.75, 3.05) is 19.5 Å². The third-order valence-corrected chi connectivity index (χ3v) is 3.56. The van der Waals surface area contributed by atoms with Crippen molar-refractivity contribution in [2.45, 2.75) is 0 Å². The van der Waals surface area contributed by atoms with Gasteiger partial charge in [0, 0.05) is 26.4 Å². The van der Waals surface area contributed by atoms with Gasteiger partial charge in [-0.2, -0.15) is 5.10 Å². The number of urea groups is 1. The number of hydrogen-bond acceptors (Lipinski definition) is 9. The molecule has 0 radical (unpaired) electrons. The summed E-state index contributed by atoms with van der Waals surface area (Å²) in [5.74, 6) is -2.99. The van der Waals surface area contributed by atoms with Crippen LogP contribution in [0.1, 0.15) is 0 Å². The van der Waals surface area contributed by atoms with Crippen LogP contribution >= 0.6 is 0 Å². The zero-order valence-corrected chi connectivity index (χ0v) is 13.5. The largest absolute Gasteiger partial charge is 0.332 e. The van der Waals surface area contributed by atoms with E-state index in [2.05, 4.69) is 10.5 Å². The molecule has 0 aromatic heterocycles. The lowest BCUT2D eigenvalue weighted by Gasteiger charge is -2.31. The number of carbonyl (C=O) groups is 3. The molecule has 13 heteroatoms. The SMILES string of the molecule is CN1C(=O)C(/C=N/Nc2ccc([N+](=O)[O-])cc2[N+](=O)[O-])C(=O)N(C)C1=O. The van der Waals surface area contributed by atoms with E-state index >= 15 is 0 Å². The predicted octanol–water partition coefficient (Wildman–Crippen LogP) is 0.567. The summed E-state index contributed by atoms with van der Waals surface area (Å²) in [5, 5.41) is 25.3. The first-order valence-corrected chi connectivity index (χ1v) is 6.96. The fraction of sp³-hybridized carbons (Fsp3) is 0.231. The van der Waals surface area contributed by atoms with Crippen LogP contribution in [0.25, 0.3) is 0 Å². The maximum atomic E-state index is 12.0. The Labute approximate surface area is 145 Å². The summed E-state index contributed by atoms with van der Waals surface area (Å²) < 4.78 is 0. The first-order valence-electron chi connectivity index (χ1n) is 6.96. The Bertz CT molecular complexity index is 827. The van der Waals surface area contributed by atoms with E-state index in [-0.39, 0.29) is 5.69 Å². The van der Waals surface area contributed by atoms with E-state index in [1.165, 1.54) is 14.1 Å². The first kappa shape index (κ1) is 18.4. The molecule has 0 saturated carbocycles. The summed E-state index contributed by atoms with van der Waals surface area (Å²) in [4.78, 5) is 57.1. The van der Waals surface area contributed by atoms with Gasteiger partial charge >= 0.3 is 11.7 Å². The molecular weight excluding hydrogens is 352 g/mol. The molecule has 1 aliphatic heterocycles. The van der Waals surface area contributed by atoms with Crippen LogP contribution in [0.3, 0.4) is 0 Å². The van der Waals surface area contributed by atoms with Crippen molar-refractivity contribution in [1.29, 1.82) is 0 Å². The fourth-order valence-corrected chi connectivity index (χ4v) is 2.12. The monoisotopic (exact) mass is 364 g/mol. The molecule has 4 amide bonds. The van der Waals surface area contributed by atoms with Crippen LogP contribution in [0.15, 0.2) is 23.3 Å². The number of anilines is 1. The van der Waals surface area contributed by atoms with Crippen molar-refractivity contribution < 1.29 is 24.2 Å². The number of amides is 4. The summed E-state index contributed by atoms with van der Waals surface area (Å²) in [7, 11) is 2.39. The van der Waals surface area contributed by atoms with Crippen LogP contribution < -0.4 is 5.43 Å². The highest BCUT2D eigenvalue weighted by atomic mass is 16.6. The second kappa shape index (κ2) is 6.92. The highest BCUT2D eigenvalue weighted by Gasteiger charge is 2.41. The van der Waals surface area contributed by atoms with E-state index in [4.69, 9.17) is 0 Å². The normalized spacial score (nSPS) is 15.7. The molecule has 1 N–H and O–H groups in total. The summed E-state index contributed by atoms with van der Waals surface area (Å²) in [5.41, 5.74) is 1.00. The number of rotatable bonds is 5. The van der Waals surface area contributed by atoms with Gasteiger partial charge in [-0.3, -0.25) is 45.0 Å². The fourth-order valence-electron chi connectivity index (χ4n) is 2.12. The van der Waals surface area contributed by atoms with Crippen molar-refractivity contribution in [2.24, 2.45) is 11.0 Å². The van der Waals surface area contributed by atoms with Gasteiger partial charge in [0.2, 0.25) is 11.8 Å². The van der Waals surface area contributed by atoms with Crippen LogP contribution in [-0.4, -0.2) is 57.8 Å². The van der Waals surface area contributed by atoms with Gasteiger partial charge in [0.05, 0.1) is 15.9 Å². The molecule has 1 heterocycles. The van der Waals surface area contributed by atoms with E-state index in [1.807, 2.05) is 0 Å². The molecule has 1 saturated heterocycles. The lowest BCUT2D eigenvalue weighted by atomic mass is 10.1. The van der Waals surface area contributed by atoms with Gasteiger partial charge in [0.1, 0.15) is 5.69 Å². The third kappa shape index (κ3) is 3.31. The summed E-state index contributed by atoms with van der Waals surface area (Å²) >= 11 is 0. The van der Waals surface area contributed by atoms with Crippen molar-refractivity contribution in [3.63, 3.8) is 0 Å². The standard InChI is InChI=1S/C13H12N6O7/c1-16-11(20)8(12(21)17(2)13(16)22)6-14-15-9-4-3-7(18(23)24)5-10(9)19(25)26/h3-6,8,15H,1-2H3/b14-6+. The van der Waals surface area contributed by atoms with Gasteiger partial charge < -0.3 is 0 Å². The maximum absolute atomic E-state index is 12.0. The minimum atomic E-state index is -1.38. The zero-order valence-electron chi connectivity index (χ0n) is 13.5. The Morgan fingerprint density at radius 2 is 1.65 bits per heavy atom. The molecule has 0 aliphatic carbocycles. The highest BCUT2D eigenvalue weighted by Crippen LogP contribution is 2.28. The van der Waals surface area contributed by atoms with Crippen molar-refractivity contribution in [1.82, 2.24) is 9.80 Å². The molecule has 1 fully saturated rings. The lowest BCUT2D eigenvalue weighted by molar-refractivity contribution is -0.393.